The van der Waals surface area contributed by atoms with E-state index in [-0.39, 0.29) is 24.9 Å². The van der Waals surface area contributed by atoms with E-state index in [2.05, 4.69) is 15.6 Å². The number of imidazole rings is 1. The van der Waals surface area contributed by atoms with Crippen LogP contribution in [0, 0.1) is 0 Å². The van der Waals surface area contributed by atoms with E-state index in [4.69, 9.17) is 5.73 Å². The zero-order valence-corrected chi connectivity index (χ0v) is 12.9. The maximum Gasteiger partial charge on any atom is 0.243 e. The third-order valence-electron chi connectivity index (χ3n) is 3.51. The van der Waals surface area contributed by atoms with Crippen LogP contribution in [0.2, 0.25) is 0 Å². The van der Waals surface area contributed by atoms with Crippen LogP contribution in [0.5, 0.6) is 0 Å². The van der Waals surface area contributed by atoms with E-state index in [0.717, 1.165) is 16.7 Å². The summed E-state index contributed by atoms with van der Waals surface area (Å²) in [7, 11) is 0. The number of amides is 2. The first kappa shape index (κ1) is 15.7. The number of nitrogens with zero attached hydrogens (tertiary/aromatic N) is 2. The predicted octanol–water partition coefficient (Wildman–Crippen LogP) is 1.04. The van der Waals surface area contributed by atoms with Crippen molar-refractivity contribution in [3.05, 3.63) is 54.9 Å². The van der Waals surface area contributed by atoms with Crippen molar-refractivity contribution in [1.29, 1.82) is 0 Å². The minimum atomic E-state index is -0.368. The molecule has 0 fully saturated rings. The van der Waals surface area contributed by atoms with E-state index in [9.17, 15) is 9.59 Å². The molecule has 3 aromatic rings. The molecule has 2 amide bonds. The number of rotatable bonds is 5. The van der Waals surface area contributed by atoms with Gasteiger partial charge in [-0.3, -0.25) is 14.2 Å². The van der Waals surface area contributed by atoms with E-state index in [1.165, 1.54) is 0 Å². The molecule has 0 saturated heterocycles. The van der Waals surface area contributed by atoms with Crippen LogP contribution in [0.25, 0.3) is 16.7 Å². The molecule has 0 aliphatic heterocycles. The van der Waals surface area contributed by atoms with E-state index >= 15 is 0 Å². The van der Waals surface area contributed by atoms with Crippen molar-refractivity contribution in [2.24, 2.45) is 5.73 Å². The Morgan fingerprint density at radius 1 is 1.04 bits per heavy atom. The van der Waals surface area contributed by atoms with E-state index < -0.39 is 0 Å². The summed E-state index contributed by atoms with van der Waals surface area (Å²) in [5.74, 6) is -0.676. The molecule has 122 valence electrons. The Kier molecular flexibility index (Phi) is 4.53. The van der Waals surface area contributed by atoms with Crippen LogP contribution in [0.4, 0.5) is 5.69 Å². The third kappa shape index (κ3) is 3.41. The van der Waals surface area contributed by atoms with E-state index in [1.54, 1.807) is 18.5 Å². The van der Waals surface area contributed by atoms with Crippen molar-refractivity contribution < 1.29 is 9.59 Å². The van der Waals surface area contributed by atoms with Crippen LogP contribution in [0.15, 0.2) is 54.9 Å². The molecular formula is C17H17N5O2. The topological polar surface area (TPSA) is 102 Å². The predicted molar refractivity (Wildman–Crippen MR) is 91.8 cm³/mol. The van der Waals surface area contributed by atoms with Crippen LogP contribution in [0.3, 0.4) is 0 Å². The standard InChI is InChI=1S/C17H17N5O2/c18-9-16(23)19-10-17(24)21-12-5-7-13(8-6-12)22-11-20-14-3-1-2-4-15(14)22/h1-8,11H,9-10,18H2,(H,19,23)(H,21,24). The second-order valence-corrected chi connectivity index (χ2v) is 5.18. The Morgan fingerprint density at radius 2 is 1.79 bits per heavy atom. The van der Waals surface area contributed by atoms with Gasteiger partial charge < -0.3 is 16.4 Å². The van der Waals surface area contributed by atoms with Crippen LogP contribution in [-0.4, -0.2) is 34.5 Å². The second-order valence-electron chi connectivity index (χ2n) is 5.18. The van der Waals surface area contributed by atoms with Gasteiger partial charge in [-0.15, -0.1) is 0 Å². The molecule has 0 spiro atoms. The lowest BCUT2D eigenvalue weighted by atomic mass is 10.2. The highest BCUT2D eigenvalue weighted by molar-refractivity contribution is 5.94. The Labute approximate surface area is 138 Å². The van der Waals surface area contributed by atoms with Crippen LogP contribution < -0.4 is 16.4 Å². The highest BCUT2D eigenvalue weighted by atomic mass is 16.2. The second kappa shape index (κ2) is 6.93. The minimum Gasteiger partial charge on any atom is -0.346 e. The Hall–Kier alpha value is -3.19. The number of anilines is 1. The number of hydrogen-bond acceptors (Lipinski definition) is 4. The van der Waals surface area contributed by atoms with Gasteiger partial charge in [0.05, 0.1) is 24.1 Å². The van der Waals surface area contributed by atoms with Gasteiger partial charge >= 0.3 is 0 Å². The normalized spacial score (nSPS) is 10.5. The highest BCUT2D eigenvalue weighted by Gasteiger charge is 2.06. The first-order valence-corrected chi connectivity index (χ1v) is 7.46. The van der Waals surface area contributed by atoms with Gasteiger partial charge in [-0.1, -0.05) is 12.1 Å². The van der Waals surface area contributed by atoms with E-state index in [0.29, 0.717) is 5.69 Å². The maximum atomic E-state index is 11.7. The van der Waals surface area contributed by atoms with Gasteiger partial charge in [-0.05, 0) is 36.4 Å². The first-order valence-electron chi connectivity index (χ1n) is 7.46. The molecule has 0 aliphatic rings. The molecule has 0 atom stereocenters. The monoisotopic (exact) mass is 323 g/mol. The molecule has 0 saturated carbocycles. The molecule has 7 nitrogen and oxygen atoms in total. The fourth-order valence-electron chi connectivity index (χ4n) is 2.33. The number of carbonyl (C=O) groups is 2. The molecule has 24 heavy (non-hydrogen) atoms. The molecule has 0 radical (unpaired) electrons. The average molecular weight is 323 g/mol. The number of carbonyl (C=O) groups excluding carboxylic acids is 2. The SMILES string of the molecule is NCC(=O)NCC(=O)Nc1ccc(-n2cnc3ccccc32)cc1. The molecule has 0 bridgehead atoms. The van der Waals surface area contributed by atoms with Crippen molar-refractivity contribution in [1.82, 2.24) is 14.9 Å². The van der Waals surface area contributed by atoms with Gasteiger partial charge in [-0.25, -0.2) is 4.98 Å². The molecule has 2 aromatic carbocycles. The molecule has 1 heterocycles. The third-order valence-corrected chi connectivity index (χ3v) is 3.51. The van der Waals surface area contributed by atoms with Gasteiger partial charge in [0.15, 0.2) is 0 Å². The van der Waals surface area contributed by atoms with Crippen molar-refractivity contribution in [3.63, 3.8) is 0 Å². The Balaban J connectivity index is 1.69. The largest absolute Gasteiger partial charge is 0.346 e. The fraction of sp³-hybridized carbons (Fsp3) is 0.118. The molecule has 7 heteroatoms. The summed E-state index contributed by atoms with van der Waals surface area (Å²) in [6, 6.07) is 15.2. The van der Waals surface area contributed by atoms with Crippen molar-refractivity contribution in [2.45, 2.75) is 0 Å². The highest BCUT2D eigenvalue weighted by Crippen LogP contribution is 2.19. The lowest BCUT2D eigenvalue weighted by molar-refractivity contribution is -0.123. The maximum absolute atomic E-state index is 11.7. The number of nitrogens with one attached hydrogen (secondary N) is 2. The lowest BCUT2D eigenvalue weighted by Crippen LogP contribution is -2.36. The summed E-state index contributed by atoms with van der Waals surface area (Å²) in [6.45, 7) is -0.245. The zero-order valence-electron chi connectivity index (χ0n) is 12.9. The zero-order chi connectivity index (χ0) is 16.9. The average Bonchev–Trinajstić information content (AvgIpc) is 3.04. The number of benzene rings is 2. The summed E-state index contributed by atoms with van der Waals surface area (Å²) in [4.78, 5) is 27.1. The molecule has 0 unspecified atom stereocenters. The number of para-hydroxylation sites is 2. The molecule has 1 aromatic heterocycles. The smallest absolute Gasteiger partial charge is 0.243 e. The Morgan fingerprint density at radius 3 is 2.54 bits per heavy atom. The summed E-state index contributed by atoms with van der Waals surface area (Å²) in [6.07, 6.45) is 1.76. The quantitative estimate of drug-likeness (QED) is 0.653. The lowest BCUT2D eigenvalue weighted by Gasteiger charge is -2.08. The molecule has 4 N–H and O–H groups in total. The number of fused-ring (bicyclic) bond motifs is 1. The van der Waals surface area contributed by atoms with Gasteiger partial charge in [0.1, 0.15) is 6.33 Å². The van der Waals surface area contributed by atoms with Gasteiger partial charge in [0.2, 0.25) is 11.8 Å². The van der Waals surface area contributed by atoms with Crippen molar-refractivity contribution in [3.8, 4) is 5.69 Å². The van der Waals surface area contributed by atoms with Crippen molar-refractivity contribution >= 4 is 28.5 Å². The number of nitrogens with two attached hydrogens (primary N) is 1. The van der Waals surface area contributed by atoms with Crippen molar-refractivity contribution in [2.75, 3.05) is 18.4 Å². The summed E-state index contributed by atoms with van der Waals surface area (Å²) in [5, 5.41) is 5.13. The molecular weight excluding hydrogens is 306 g/mol. The van der Waals surface area contributed by atoms with Gasteiger partial charge in [0, 0.05) is 11.4 Å². The summed E-state index contributed by atoms with van der Waals surface area (Å²) in [5.41, 5.74) is 8.69. The summed E-state index contributed by atoms with van der Waals surface area (Å²) < 4.78 is 1.97. The molecule has 3 rings (SSSR count). The van der Waals surface area contributed by atoms with Crippen LogP contribution in [-0.2, 0) is 9.59 Å². The summed E-state index contributed by atoms with van der Waals surface area (Å²) >= 11 is 0. The Bertz CT molecular complexity index is 870. The van der Waals surface area contributed by atoms with Gasteiger partial charge in [0.25, 0.3) is 0 Å². The minimum absolute atomic E-state index is 0.107. The van der Waals surface area contributed by atoms with Gasteiger partial charge in [-0.2, -0.15) is 0 Å². The fourth-order valence-corrected chi connectivity index (χ4v) is 2.33. The number of hydrogen-bond donors (Lipinski definition) is 3. The molecule has 0 aliphatic carbocycles. The number of aromatic nitrogens is 2. The van der Waals surface area contributed by atoms with Crippen LogP contribution >= 0.6 is 0 Å². The van der Waals surface area contributed by atoms with E-state index in [1.807, 2.05) is 41.0 Å². The van der Waals surface area contributed by atoms with Crippen LogP contribution in [0.1, 0.15) is 0 Å². The first-order chi connectivity index (χ1) is 11.7.